The van der Waals surface area contributed by atoms with Crippen molar-refractivity contribution in [3.63, 3.8) is 0 Å². The van der Waals surface area contributed by atoms with Crippen molar-refractivity contribution < 1.29 is 4.79 Å². The third-order valence-electron chi connectivity index (χ3n) is 3.63. The lowest BCUT2D eigenvalue weighted by Gasteiger charge is -2.31. The van der Waals surface area contributed by atoms with E-state index in [9.17, 15) is 4.79 Å². The molecule has 4 N–H and O–H groups in total. The van der Waals surface area contributed by atoms with E-state index in [-0.39, 0.29) is 23.1 Å². The Morgan fingerprint density at radius 2 is 1.78 bits per heavy atom. The van der Waals surface area contributed by atoms with E-state index >= 15 is 0 Å². The highest BCUT2D eigenvalue weighted by atomic mass is 32.2. The molecule has 1 unspecified atom stereocenters. The fourth-order valence-corrected chi connectivity index (χ4v) is 3.56. The average molecular weight is 330 g/mol. The minimum Gasteiger partial charge on any atom is -0.368 e. The Balaban J connectivity index is 1.78. The first-order chi connectivity index (χ1) is 11.0. The van der Waals surface area contributed by atoms with Crippen LogP contribution >= 0.6 is 11.8 Å². The van der Waals surface area contributed by atoms with E-state index in [0.717, 1.165) is 25.1 Å². The van der Waals surface area contributed by atoms with Crippen LogP contribution in [0, 0.1) is 6.92 Å². The zero-order valence-corrected chi connectivity index (χ0v) is 13.6. The van der Waals surface area contributed by atoms with Crippen molar-refractivity contribution in [3.8, 4) is 0 Å². The van der Waals surface area contributed by atoms with E-state index < -0.39 is 0 Å². The number of piperidine rings is 1. The summed E-state index contributed by atoms with van der Waals surface area (Å²) in [5.41, 5.74) is 13.2. The van der Waals surface area contributed by atoms with E-state index in [1.54, 1.807) is 0 Å². The molecule has 1 aromatic carbocycles. The number of nitrogens with zero attached hydrogens (tertiary/aromatic N) is 4. The van der Waals surface area contributed by atoms with Crippen molar-refractivity contribution in [2.45, 2.75) is 30.2 Å². The van der Waals surface area contributed by atoms with Crippen molar-refractivity contribution >= 4 is 35.3 Å². The highest BCUT2D eigenvalue weighted by Crippen LogP contribution is 2.31. The second-order valence-corrected chi connectivity index (χ2v) is 6.58. The van der Waals surface area contributed by atoms with Crippen molar-refractivity contribution in [3.05, 3.63) is 29.8 Å². The van der Waals surface area contributed by atoms with E-state index in [2.05, 4.69) is 15.0 Å². The molecule has 0 spiro atoms. The summed E-state index contributed by atoms with van der Waals surface area (Å²) in [6.45, 7) is 2.75. The first-order valence-corrected chi connectivity index (χ1v) is 8.22. The quantitative estimate of drug-likeness (QED) is 0.879. The van der Waals surface area contributed by atoms with Gasteiger partial charge in [0.1, 0.15) is 0 Å². The Morgan fingerprint density at radius 3 is 2.43 bits per heavy atom. The Bertz CT molecular complexity index is 700. The molecule has 1 fully saturated rings. The van der Waals surface area contributed by atoms with E-state index in [1.165, 1.54) is 17.3 Å². The molecule has 23 heavy (non-hydrogen) atoms. The predicted octanol–water partition coefficient (Wildman–Crippen LogP) is 1.63. The summed E-state index contributed by atoms with van der Waals surface area (Å²) in [4.78, 5) is 26.4. The summed E-state index contributed by atoms with van der Waals surface area (Å²) >= 11 is 1.29. The number of carbonyl (C=O) groups excluding carboxylic acids is 1. The molecule has 120 valence electrons. The van der Waals surface area contributed by atoms with Crippen LogP contribution in [0.4, 0.5) is 17.6 Å². The SMILES string of the molecule is Cc1ccc(N2CCCC(Sc3nc(N)nc(N)n3)C2=O)cc1. The number of amides is 1. The van der Waals surface area contributed by atoms with Crippen LogP contribution in [-0.4, -0.2) is 32.7 Å². The second-order valence-electron chi connectivity index (χ2n) is 5.41. The lowest BCUT2D eigenvalue weighted by atomic mass is 10.1. The molecule has 1 aromatic heterocycles. The van der Waals surface area contributed by atoms with Gasteiger partial charge in [0.25, 0.3) is 0 Å². The molecule has 0 bridgehead atoms. The van der Waals surface area contributed by atoms with Crippen molar-refractivity contribution in [1.29, 1.82) is 0 Å². The highest BCUT2D eigenvalue weighted by molar-refractivity contribution is 8.00. The van der Waals surface area contributed by atoms with Gasteiger partial charge in [-0.15, -0.1) is 0 Å². The van der Waals surface area contributed by atoms with Gasteiger partial charge in [-0.2, -0.15) is 15.0 Å². The van der Waals surface area contributed by atoms with Gasteiger partial charge in [0, 0.05) is 12.2 Å². The van der Waals surface area contributed by atoms with Crippen molar-refractivity contribution in [2.24, 2.45) is 0 Å². The largest absolute Gasteiger partial charge is 0.368 e. The van der Waals surface area contributed by atoms with Gasteiger partial charge >= 0.3 is 0 Å². The van der Waals surface area contributed by atoms with E-state index in [1.807, 2.05) is 36.1 Å². The smallest absolute Gasteiger partial charge is 0.240 e. The zero-order valence-electron chi connectivity index (χ0n) is 12.8. The number of hydrogen-bond acceptors (Lipinski definition) is 7. The first-order valence-electron chi connectivity index (χ1n) is 7.34. The number of nitrogens with two attached hydrogens (primary N) is 2. The molecule has 8 heteroatoms. The van der Waals surface area contributed by atoms with Gasteiger partial charge in [-0.3, -0.25) is 4.79 Å². The van der Waals surface area contributed by atoms with Crippen molar-refractivity contribution in [1.82, 2.24) is 15.0 Å². The number of nitrogen functional groups attached to an aromatic ring is 2. The number of aryl methyl sites for hydroxylation is 1. The fourth-order valence-electron chi connectivity index (χ4n) is 2.50. The molecular formula is C15H18N6OS. The number of aromatic nitrogens is 3. The minimum absolute atomic E-state index is 0.0580. The van der Waals surface area contributed by atoms with Gasteiger partial charge in [-0.25, -0.2) is 0 Å². The topological polar surface area (TPSA) is 111 Å². The van der Waals surface area contributed by atoms with Crippen LogP contribution in [0.5, 0.6) is 0 Å². The molecule has 0 radical (unpaired) electrons. The Hall–Kier alpha value is -2.35. The van der Waals surface area contributed by atoms with Gasteiger partial charge in [0.2, 0.25) is 17.8 Å². The van der Waals surface area contributed by atoms with Gasteiger partial charge < -0.3 is 16.4 Å². The second kappa shape index (κ2) is 6.41. The van der Waals surface area contributed by atoms with Crippen LogP contribution in [0.2, 0.25) is 0 Å². The third kappa shape index (κ3) is 3.53. The minimum atomic E-state index is -0.244. The molecule has 2 heterocycles. The van der Waals surface area contributed by atoms with Gasteiger partial charge in [0.05, 0.1) is 5.25 Å². The normalized spacial score (nSPS) is 18.2. The molecule has 1 saturated heterocycles. The van der Waals surface area contributed by atoms with Crippen LogP contribution in [0.1, 0.15) is 18.4 Å². The third-order valence-corrected chi connectivity index (χ3v) is 4.75. The molecule has 1 atom stereocenters. The van der Waals surface area contributed by atoms with Gasteiger partial charge in [0.15, 0.2) is 5.16 Å². The van der Waals surface area contributed by atoms with Crippen LogP contribution in [-0.2, 0) is 4.79 Å². The lowest BCUT2D eigenvalue weighted by molar-refractivity contribution is -0.119. The molecule has 2 aromatic rings. The maximum absolute atomic E-state index is 12.8. The van der Waals surface area contributed by atoms with Crippen LogP contribution in [0.3, 0.4) is 0 Å². The maximum atomic E-state index is 12.8. The standard InChI is InChI=1S/C15H18N6OS/c1-9-4-6-10(7-5-9)21-8-2-3-11(12(21)22)23-15-19-13(16)18-14(17)20-15/h4-7,11H,2-3,8H2,1H3,(H4,16,17,18,19,20). The predicted molar refractivity (Wildman–Crippen MR) is 91.1 cm³/mol. The summed E-state index contributed by atoms with van der Waals surface area (Å²) in [6.07, 6.45) is 1.70. The molecule has 1 aliphatic rings. The molecule has 7 nitrogen and oxygen atoms in total. The van der Waals surface area contributed by atoms with Gasteiger partial charge in [-0.1, -0.05) is 29.5 Å². The number of thioether (sulfide) groups is 1. The van der Waals surface area contributed by atoms with Crippen LogP contribution in [0.25, 0.3) is 0 Å². The Morgan fingerprint density at radius 1 is 1.13 bits per heavy atom. The Kier molecular flexibility index (Phi) is 4.33. The molecule has 0 saturated carbocycles. The Labute approximate surface area is 138 Å². The summed E-state index contributed by atoms with van der Waals surface area (Å²) in [6, 6.07) is 7.96. The number of anilines is 3. The van der Waals surface area contributed by atoms with E-state index in [4.69, 9.17) is 11.5 Å². The van der Waals surface area contributed by atoms with Gasteiger partial charge in [-0.05, 0) is 31.9 Å². The molecule has 1 aliphatic heterocycles. The first kappa shape index (κ1) is 15.5. The van der Waals surface area contributed by atoms with Crippen LogP contribution in [0.15, 0.2) is 29.4 Å². The molecule has 1 amide bonds. The summed E-state index contributed by atoms with van der Waals surface area (Å²) in [7, 11) is 0. The number of rotatable bonds is 3. The average Bonchev–Trinajstić information content (AvgIpc) is 2.49. The summed E-state index contributed by atoms with van der Waals surface area (Å²) in [5.74, 6) is 0.194. The van der Waals surface area contributed by atoms with Crippen LogP contribution < -0.4 is 16.4 Å². The number of carbonyl (C=O) groups is 1. The zero-order chi connectivity index (χ0) is 16.4. The number of benzene rings is 1. The van der Waals surface area contributed by atoms with E-state index in [0.29, 0.717) is 5.16 Å². The molecular weight excluding hydrogens is 312 g/mol. The number of hydrogen-bond donors (Lipinski definition) is 2. The molecule has 0 aliphatic carbocycles. The highest BCUT2D eigenvalue weighted by Gasteiger charge is 2.31. The summed E-state index contributed by atoms with van der Waals surface area (Å²) in [5, 5.41) is 0.144. The van der Waals surface area contributed by atoms with Crippen molar-refractivity contribution in [2.75, 3.05) is 22.9 Å². The fraction of sp³-hybridized carbons (Fsp3) is 0.333. The summed E-state index contributed by atoms with van der Waals surface area (Å²) < 4.78 is 0. The monoisotopic (exact) mass is 330 g/mol. The lowest BCUT2D eigenvalue weighted by Crippen LogP contribution is -2.43. The maximum Gasteiger partial charge on any atom is 0.240 e. The molecule has 3 rings (SSSR count).